The van der Waals surface area contributed by atoms with Crippen molar-refractivity contribution in [3.05, 3.63) is 60.2 Å². The third-order valence-corrected chi connectivity index (χ3v) is 4.28. The van der Waals surface area contributed by atoms with Crippen LogP contribution < -0.4 is 4.74 Å². The number of ether oxygens (including phenoxy) is 1. The highest BCUT2D eigenvalue weighted by Gasteiger charge is 2.24. The van der Waals surface area contributed by atoms with Crippen LogP contribution in [-0.4, -0.2) is 35.5 Å². The van der Waals surface area contributed by atoms with Gasteiger partial charge in [0.25, 0.3) is 5.91 Å². The molecule has 0 spiro atoms. The summed E-state index contributed by atoms with van der Waals surface area (Å²) in [5, 5.41) is 0. The zero-order chi connectivity index (χ0) is 16.8. The molecule has 1 aromatic heterocycles. The Labute approximate surface area is 141 Å². The predicted molar refractivity (Wildman–Crippen MR) is 89.1 cm³/mol. The van der Waals surface area contributed by atoms with Crippen LogP contribution in [0.15, 0.2) is 48.8 Å². The van der Waals surface area contributed by atoms with E-state index in [1.807, 2.05) is 17.2 Å². The van der Waals surface area contributed by atoms with Crippen molar-refractivity contribution >= 4 is 5.91 Å². The van der Waals surface area contributed by atoms with Crippen molar-refractivity contribution in [1.82, 2.24) is 9.88 Å². The number of likely N-dealkylation sites (tertiary alicyclic amines) is 1. The number of aromatic nitrogens is 1. The smallest absolute Gasteiger partial charge is 0.260 e. The topological polar surface area (TPSA) is 42.4 Å². The van der Waals surface area contributed by atoms with E-state index in [0.29, 0.717) is 11.7 Å². The number of hydrogen-bond acceptors (Lipinski definition) is 3. The molecular formula is C19H21FN2O2. The molecule has 0 saturated carbocycles. The first-order chi connectivity index (χ1) is 11.7. The van der Waals surface area contributed by atoms with E-state index in [1.165, 1.54) is 17.7 Å². The SMILES string of the molecule is O=C(COc1cccc(F)c1)N1CCCC(Cc2cccnc2)C1. The molecule has 4 nitrogen and oxygen atoms in total. The number of hydrogen-bond donors (Lipinski definition) is 0. The first-order valence-electron chi connectivity index (χ1n) is 8.26. The maximum absolute atomic E-state index is 13.1. The van der Waals surface area contributed by atoms with Crippen LogP contribution in [0.4, 0.5) is 4.39 Å². The Morgan fingerprint density at radius 1 is 1.33 bits per heavy atom. The summed E-state index contributed by atoms with van der Waals surface area (Å²) in [4.78, 5) is 18.3. The first kappa shape index (κ1) is 16.4. The number of amides is 1. The lowest BCUT2D eigenvalue weighted by Gasteiger charge is -2.32. The molecule has 1 unspecified atom stereocenters. The molecule has 1 aliphatic heterocycles. The molecular weight excluding hydrogens is 307 g/mol. The van der Waals surface area contributed by atoms with Crippen LogP contribution in [0.2, 0.25) is 0 Å². The molecule has 2 heterocycles. The van der Waals surface area contributed by atoms with E-state index in [2.05, 4.69) is 11.1 Å². The minimum atomic E-state index is -0.366. The highest BCUT2D eigenvalue weighted by molar-refractivity contribution is 5.77. The molecule has 1 aliphatic rings. The molecule has 5 heteroatoms. The van der Waals surface area contributed by atoms with E-state index in [9.17, 15) is 9.18 Å². The normalized spacial score (nSPS) is 17.5. The Kier molecular flexibility index (Phi) is 5.41. The summed E-state index contributed by atoms with van der Waals surface area (Å²) in [6.45, 7) is 1.44. The van der Waals surface area contributed by atoms with Gasteiger partial charge in [0.15, 0.2) is 6.61 Å². The summed E-state index contributed by atoms with van der Waals surface area (Å²) in [6, 6.07) is 9.86. The van der Waals surface area contributed by atoms with Crippen molar-refractivity contribution in [2.75, 3.05) is 19.7 Å². The number of rotatable bonds is 5. The molecule has 1 atom stereocenters. The Balaban J connectivity index is 1.51. The van der Waals surface area contributed by atoms with Crippen LogP contribution in [0.1, 0.15) is 18.4 Å². The fraction of sp³-hybridized carbons (Fsp3) is 0.368. The molecule has 1 saturated heterocycles. The molecule has 0 N–H and O–H groups in total. The van der Waals surface area contributed by atoms with Gasteiger partial charge in [0.2, 0.25) is 0 Å². The molecule has 1 aromatic carbocycles. The molecule has 1 fully saturated rings. The van der Waals surface area contributed by atoms with Gasteiger partial charge < -0.3 is 9.64 Å². The van der Waals surface area contributed by atoms with Crippen LogP contribution in [0.25, 0.3) is 0 Å². The van der Waals surface area contributed by atoms with Crippen LogP contribution >= 0.6 is 0 Å². The predicted octanol–water partition coefficient (Wildman–Crippen LogP) is 3.08. The highest BCUT2D eigenvalue weighted by atomic mass is 19.1. The van der Waals surface area contributed by atoms with Crippen LogP contribution in [0.3, 0.4) is 0 Å². The second-order valence-electron chi connectivity index (χ2n) is 6.16. The highest BCUT2D eigenvalue weighted by Crippen LogP contribution is 2.21. The third kappa shape index (κ3) is 4.54. The van der Waals surface area contributed by atoms with E-state index in [1.54, 1.807) is 18.3 Å². The minimum absolute atomic E-state index is 0.0462. The number of halogens is 1. The Hall–Kier alpha value is -2.43. The molecule has 1 amide bonds. The molecule has 0 aliphatic carbocycles. The van der Waals surface area contributed by atoms with Gasteiger partial charge >= 0.3 is 0 Å². The zero-order valence-electron chi connectivity index (χ0n) is 13.5. The molecule has 126 valence electrons. The number of carbonyl (C=O) groups excluding carboxylic acids is 1. The third-order valence-electron chi connectivity index (χ3n) is 4.28. The van der Waals surface area contributed by atoms with Crippen molar-refractivity contribution in [3.8, 4) is 5.75 Å². The summed E-state index contributed by atoms with van der Waals surface area (Å²) >= 11 is 0. The summed E-state index contributed by atoms with van der Waals surface area (Å²) in [5.41, 5.74) is 1.20. The van der Waals surface area contributed by atoms with E-state index in [4.69, 9.17) is 4.74 Å². The monoisotopic (exact) mass is 328 g/mol. The summed E-state index contributed by atoms with van der Waals surface area (Å²) in [5.74, 6) is 0.415. The fourth-order valence-corrected chi connectivity index (χ4v) is 3.10. The van der Waals surface area contributed by atoms with Crippen molar-refractivity contribution in [2.45, 2.75) is 19.3 Å². The van der Waals surface area contributed by atoms with Crippen molar-refractivity contribution in [2.24, 2.45) is 5.92 Å². The molecule has 0 bridgehead atoms. The van der Waals surface area contributed by atoms with Gasteiger partial charge in [0.1, 0.15) is 11.6 Å². The summed E-state index contributed by atoms with van der Waals surface area (Å²) < 4.78 is 18.5. The Morgan fingerprint density at radius 3 is 3.04 bits per heavy atom. The maximum atomic E-state index is 13.1. The number of pyridine rings is 1. The first-order valence-corrected chi connectivity index (χ1v) is 8.26. The van der Waals surface area contributed by atoms with Crippen LogP contribution in [0, 0.1) is 11.7 Å². The van der Waals surface area contributed by atoms with Crippen molar-refractivity contribution in [1.29, 1.82) is 0 Å². The fourth-order valence-electron chi connectivity index (χ4n) is 3.10. The second kappa shape index (κ2) is 7.90. The Bertz CT molecular complexity index is 678. The molecule has 2 aromatic rings. The van der Waals surface area contributed by atoms with Crippen molar-refractivity contribution < 1.29 is 13.9 Å². The van der Waals surface area contributed by atoms with Crippen LogP contribution in [0.5, 0.6) is 5.75 Å². The largest absolute Gasteiger partial charge is 0.484 e. The van der Waals surface area contributed by atoms with Gasteiger partial charge in [-0.2, -0.15) is 0 Å². The van der Waals surface area contributed by atoms with Gasteiger partial charge in [-0.1, -0.05) is 12.1 Å². The lowest BCUT2D eigenvalue weighted by atomic mass is 9.92. The van der Waals surface area contributed by atoms with E-state index in [0.717, 1.165) is 32.4 Å². The van der Waals surface area contributed by atoms with E-state index < -0.39 is 0 Å². The van der Waals surface area contributed by atoms with Gasteiger partial charge in [0.05, 0.1) is 0 Å². The zero-order valence-corrected chi connectivity index (χ0v) is 13.5. The average molecular weight is 328 g/mol. The van der Waals surface area contributed by atoms with Gasteiger partial charge in [-0.3, -0.25) is 9.78 Å². The van der Waals surface area contributed by atoms with Gasteiger partial charge in [-0.15, -0.1) is 0 Å². The van der Waals surface area contributed by atoms with Gasteiger partial charge in [-0.25, -0.2) is 4.39 Å². The number of benzene rings is 1. The molecule has 0 radical (unpaired) electrons. The molecule has 3 rings (SSSR count). The van der Waals surface area contributed by atoms with Crippen LogP contribution in [-0.2, 0) is 11.2 Å². The Morgan fingerprint density at radius 2 is 2.25 bits per heavy atom. The molecule has 24 heavy (non-hydrogen) atoms. The number of nitrogens with zero attached hydrogens (tertiary/aromatic N) is 2. The van der Waals surface area contributed by atoms with Gasteiger partial charge in [0, 0.05) is 31.5 Å². The van der Waals surface area contributed by atoms with E-state index >= 15 is 0 Å². The minimum Gasteiger partial charge on any atom is -0.484 e. The lowest BCUT2D eigenvalue weighted by molar-refractivity contribution is -0.135. The quantitative estimate of drug-likeness (QED) is 0.847. The summed E-state index contributed by atoms with van der Waals surface area (Å²) in [6.07, 6.45) is 6.69. The van der Waals surface area contributed by atoms with Crippen molar-refractivity contribution in [3.63, 3.8) is 0 Å². The summed E-state index contributed by atoms with van der Waals surface area (Å²) in [7, 11) is 0. The lowest BCUT2D eigenvalue weighted by Crippen LogP contribution is -2.42. The second-order valence-corrected chi connectivity index (χ2v) is 6.16. The standard InChI is InChI=1S/C19H21FN2O2/c20-17-6-1-7-18(11-17)24-14-19(23)22-9-3-5-16(13-22)10-15-4-2-8-21-12-15/h1-2,4,6-8,11-12,16H,3,5,9-10,13-14H2. The maximum Gasteiger partial charge on any atom is 0.260 e. The number of carbonyl (C=O) groups is 1. The van der Waals surface area contributed by atoms with Gasteiger partial charge in [-0.05, 0) is 48.9 Å². The number of piperidine rings is 1. The average Bonchev–Trinajstić information content (AvgIpc) is 2.61. The van der Waals surface area contributed by atoms with E-state index in [-0.39, 0.29) is 18.3 Å².